The molecule has 0 aromatic carbocycles. The molecule has 0 unspecified atom stereocenters. The first kappa shape index (κ1) is 12.4. The maximum atomic E-state index is 4.48. The summed E-state index contributed by atoms with van der Waals surface area (Å²) in [5.74, 6) is 1.27. The minimum absolute atomic E-state index is 0.563. The molecule has 3 aromatic heterocycles. The molecule has 8 nitrogen and oxygen atoms in total. The first-order valence-electron chi connectivity index (χ1n) is 6.39. The second kappa shape index (κ2) is 4.80. The first-order chi connectivity index (χ1) is 9.67. The molecule has 0 saturated carbocycles. The SMILES string of the molecule is CCNc1nc(Nc2cn(C)nc2C)c2cn[nH]c2n1. The van der Waals surface area contributed by atoms with Crippen molar-refractivity contribution in [3.8, 4) is 0 Å². The molecule has 20 heavy (non-hydrogen) atoms. The van der Waals surface area contributed by atoms with Gasteiger partial charge in [-0.05, 0) is 13.8 Å². The number of nitrogens with zero attached hydrogens (tertiary/aromatic N) is 5. The third-order valence-electron chi connectivity index (χ3n) is 2.91. The van der Waals surface area contributed by atoms with Crippen molar-refractivity contribution in [1.82, 2.24) is 29.9 Å². The lowest BCUT2D eigenvalue weighted by atomic mass is 10.3. The second-order valence-corrected chi connectivity index (χ2v) is 4.49. The Labute approximate surface area is 115 Å². The van der Waals surface area contributed by atoms with E-state index in [9.17, 15) is 0 Å². The van der Waals surface area contributed by atoms with Gasteiger partial charge in [-0.1, -0.05) is 0 Å². The summed E-state index contributed by atoms with van der Waals surface area (Å²) < 4.78 is 1.76. The summed E-state index contributed by atoms with van der Waals surface area (Å²) in [6, 6.07) is 0. The zero-order valence-electron chi connectivity index (χ0n) is 11.6. The fourth-order valence-corrected chi connectivity index (χ4v) is 2.02. The standard InChI is InChI=1S/C12H16N8/c1-4-13-12-16-10(8-5-14-18-11(8)17-12)15-9-6-20(3)19-7(9)2/h5-6H,4H2,1-3H3,(H3,13,14,15,16,17,18). The van der Waals surface area contributed by atoms with Gasteiger partial charge in [-0.2, -0.15) is 20.2 Å². The highest BCUT2D eigenvalue weighted by atomic mass is 15.3. The summed E-state index contributed by atoms with van der Waals surface area (Å²) >= 11 is 0. The lowest BCUT2D eigenvalue weighted by Gasteiger charge is -2.07. The molecule has 3 heterocycles. The Morgan fingerprint density at radius 3 is 2.90 bits per heavy atom. The van der Waals surface area contributed by atoms with E-state index in [1.54, 1.807) is 10.9 Å². The molecule has 0 spiro atoms. The highest BCUT2D eigenvalue weighted by molar-refractivity contribution is 5.89. The molecule has 3 N–H and O–H groups in total. The Morgan fingerprint density at radius 1 is 1.35 bits per heavy atom. The van der Waals surface area contributed by atoms with E-state index in [-0.39, 0.29) is 0 Å². The van der Waals surface area contributed by atoms with Gasteiger partial charge in [0, 0.05) is 19.8 Å². The fraction of sp³-hybridized carbons (Fsp3) is 0.333. The molecular weight excluding hydrogens is 256 g/mol. The van der Waals surface area contributed by atoms with Gasteiger partial charge in [0.25, 0.3) is 0 Å². The van der Waals surface area contributed by atoms with Crippen LogP contribution in [-0.4, -0.2) is 36.5 Å². The van der Waals surface area contributed by atoms with E-state index in [2.05, 4.69) is 35.9 Å². The number of aryl methyl sites for hydroxylation is 2. The maximum Gasteiger partial charge on any atom is 0.226 e. The van der Waals surface area contributed by atoms with Crippen LogP contribution in [0, 0.1) is 6.92 Å². The van der Waals surface area contributed by atoms with Crippen LogP contribution in [0.25, 0.3) is 11.0 Å². The average molecular weight is 272 g/mol. The van der Waals surface area contributed by atoms with Crippen LogP contribution in [0.4, 0.5) is 17.5 Å². The normalized spacial score (nSPS) is 10.9. The van der Waals surface area contributed by atoms with Crippen LogP contribution < -0.4 is 10.6 Å². The van der Waals surface area contributed by atoms with Crippen molar-refractivity contribution in [3.05, 3.63) is 18.1 Å². The topological polar surface area (TPSA) is 96.3 Å². The molecular formula is C12H16N8. The van der Waals surface area contributed by atoms with Gasteiger partial charge < -0.3 is 10.6 Å². The van der Waals surface area contributed by atoms with E-state index in [4.69, 9.17) is 0 Å². The Morgan fingerprint density at radius 2 is 2.20 bits per heavy atom. The molecule has 3 rings (SSSR count). The van der Waals surface area contributed by atoms with Gasteiger partial charge >= 0.3 is 0 Å². The summed E-state index contributed by atoms with van der Waals surface area (Å²) in [5.41, 5.74) is 2.52. The molecule has 0 amide bonds. The molecule has 0 saturated heterocycles. The number of aromatic nitrogens is 6. The van der Waals surface area contributed by atoms with Crippen LogP contribution in [-0.2, 0) is 7.05 Å². The van der Waals surface area contributed by atoms with Crippen molar-refractivity contribution in [2.45, 2.75) is 13.8 Å². The van der Waals surface area contributed by atoms with Crippen LogP contribution in [0.3, 0.4) is 0 Å². The maximum absolute atomic E-state index is 4.48. The number of H-pyrrole nitrogens is 1. The molecule has 0 fully saturated rings. The lowest BCUT2D eigenvalue weighted by Crippen LogP contribution is -2.05. The number of hydrogen-bond donors (Lipinski definition) is 3. The van der Waals surface area contributed by atoms with Gasteiger partial charge in [-0.25, -0.2) is 0 Å². The molecule has 0 radical (unpaired) electrons. The number of fused-ring (bicyclic) bond motifs is 1. The van der Waals surface area contributed by atoms with Gasteiger partial charge in [0.2, 0.25) is 5.95 Å². The molecule has 0 aliphatic carbocycles. The Hall–Kier alpha value is -2.64. The van der Waals surface area contributed by atoms with Crippen LogP contribution in [0.2, 0.25) is 0 Å². The number of anilines is 3. The highest BCUT2D eigenvalue weighted by Gasteiger charge is 2.11. The average Bonchev–Trinajstić information content (AvgIpc) is 2.97. The minimum atomic E-state index is 0.563. The molecule has 3 aromatic rings. The third-order valence-corrected chi connectivity index (χ3v) is 2.91. The monoisotopic (exact) mass is 272 g/mol. The smallest absolute Gasteiger partial charge is 0.226 e. The second-order valence-electron chi connectivity index (χ2n) is 4.49. The fourth-order valence-electron chi connectivity index (χ4n) is 2.02. The van der Waals surface area contributed by atoms with Crippen molar-refractivity contribution < 1.29 is 0 Å². The molecule has 0 aliphatic rings. The molecule has 104 valence electrons. The first-order valence-corrected chi connectivity index (χ1v) is 6.39. The zero-order chi connectivity index (χ0) is 14.1. The molecule has 0 bridgehead atoms. The Bertz CT molecular complexity index is 741. The largest absolute Gasteiger partial charge is 0.354 e. The van der Waals surface area contributed by atoms with Crippen LogP contribution >= 0.6 is 0 Å². The van der Waals surface area contributed by atoms with Crippen molar-refractivity contribution >= 4 is 28.5 Å². The van der Waals surface area contributed by atoms with Crippen LogP contribution in [0.5, 0.6) is 0 Å². The van der Waals surface area contributed by atoms with Crippen molar-refractivity contribution in [1.29, 1.82) is 0 Å². The zero-order valence-corrected chi connectivity index (χ0v) is 11.6. The molecule has 0 aliphatic heterocycles. The predicted octanol–water partition coefficient (Wildman–Crippen LogP) is 1.57. The third kappa shape index (κ3) is 2.15. The quantitative estimate of drug-likeness (QED) is 0.667. The molecule has 0 atom stereocenters. The lowest BCUT2D eigenvalue weighted by molar-refractivity contribution is 0.756. The number of aromatic amines is 1. The van der Waals surface area contributed by atoms with Gasteiger partial charge in [-0.3, -0.25) is 9.78 Å². The van der Waals surface area contributed by atoms with Crippen molar-refractivity contribution in [3.63, 3.8) is 0 Å². The van der Waals surface area contributed by atoms with Gasteiger partial charge in [0.15, 0.2) is 5.65 Å². The summed E-state index contributed by atoms with van der Waals surface area (Å²) in [6.07, 6.45) is 3.62. The summed E-state index contributed by atoms with van der Waals surface area (Å²) in [6.45, 7) is 4.70. The number of hydrogen-bond acceptors (Lipinski definition) is 6. The summed E-state index contributed by atoms with van der Waals surface area (Å²) in [5, 5.41) is 18.4. The van der Waals surface area contributed by atoms with Crippen molar-refractivity contribution in [2.24, 2.45) is 7.05 Å². The van der Waals surface area contributed by atoms with E-state index in [1.165, 1.54) is 0 Å². The summed E-state index contributed by atoms with van der Waals surface area (Å²) in [4.78, 5) is 8.83. The number of nitrogens with one attached hydrogen (secondary N) is 3. The predicted molar refractivity (Wildman–Crippen MR) is 77.1 cm³/mol. The van der Waals surface area contributed by atoms with E-state index in [1.807, 2.05) is 27.1 Å². The van der Waals surface area contributed by atoms with E-state index >= 15 is 0 Å². The van der Waals surface area contributed by atoms with Crippen LogP contribution in [0.1, 0.15) is 12.6 Å². The van der Waals surface area contributed by atoms with Gasteiger partial charge in [-0.15, -0.1) is 0 Å². The van der Waals surface area contributed by atoms with Crippen LogP contribution in [0.15, 0.2) is 12.4 Å². The Kier molecular flexibility index (Phi) is 2.97. The minimum Gasteiger partial charge on any atom is -0.354 e. The molecule has 8 heteroatoms. The summed E-state index contributed by atoms with van der Waals surface area (Å²) in [7, 11) is 1.88. The van der Waals surface area contributed by atoms with Gasteiger partial charge in [0.05, 0.1) is 23.0 Å². The van der Waals surface area contributed by atoms with E-state index < -0.39 is 0 Å². The Balaban J connectivity index is 2.05. The highest BCUT2D eigenvalue weighted by Crippen LogP contribution is 2.24. The number of rotatable bonds is 4. The van der Waals surface area contributed by atoms with Crippen molar-refractivity contribution in [2.75, 3.05) is 17.2 Å². The van der Waals surface area contributed by atoms with Gasteiger partial charge in [0.1, 0.15) is 5.82 Å². The van der Waals surface area contributed by atoms with E-state index in [0.29, 0.717) is 17.4 Å². The van der Waals surface area contributed by atoms with E-state index in [0.717, 1.165) is 23.3 Å².